The minimum absolute atomic E-state index is 0.500. The third-order valence-electron chi connectivity index (χ3n) is 5.42. The van der Waals surface area contributed by atoms with Gasteiger partial charge in [0.2, 0.25) is 0 Å². The second-order valence-electron chi connectivity index (χ2n) is 10.1. The third-order valence-corrected chi connectivity index (χ3v) is 5.42. The van der Waals surface area contributed by atoms with E-state index in [4.69, 9.17) is 10.5 Å². The maximum absolute atomic E-state index is 8.00. The van der Waals surface area contributed by atoms with E-state index in [1.165, 1.54) is 41.0 Å². The molecular formula is C28H45N5O. The molecule has 0 radical (unpaired) electrons. The van der Waals surface area contributed by atoms with E-state index < -0.39 is 0 Å². The number of hydrogen-bond acceptors (Lipinski definition) is 6. The summed E-state index contributed by atoms with van der Waals surface area (Å²) in [5, 5.41) is 0. The zero-order valence-corrected chi connectivity index (χ0v) is 21.9. The molecule has 6 nitrogen and oxygen atoms in total. The molecule has 3 aliphatic rings. The topological polar surface area (TPSA) is 78.8 Å². The standard InChI is InChI=1S/C20H26N4.C5H12.C2H5N.CH2O/c1-15-6-3-4-8-17(15)22-10-12-23(13-11-22)18-14-19(20(18)21)24-9-5-7-16(24)2;1-5(2,3)4;1-2-3;1-2/h3-4,6,8,14H,2,5,7,9-13,21H2,1H3;1-4H3;2H,1,3H2;1H2. The molecule has 0 aromatic heterocycles. The Morgan fingerprint density at radius 1 is 0.971 bits per heavy atom. The third kappa shape index (κ3) is 8.32. The summed E-state index contributed by atoms with van der Waals surface area (Å²) in [6.45, 7) is 25.4. The molecule has 1 aromatic carbocycles. The van der Waals surface area contributed by atoms with Gasteiger partial charge < -0.3 is 31.0 Å². The Bertz CT molecular complexity index is 867. The van der Waals surface area contributed by atoms with Crippen LogP contribution in [-0.4, -0.2) is 49.3 Å². The van der Waals surface area contributed by atoms with Gasteiger partial charge in [0.15, 0.2) is 0 Å². The number of para-hydroxylation sites is 1. The van der Waals surface area contributed by atoms with E-state index in [9.17, 15) is 0 Å². The fourth-order valence-corrected chi connectivity index (χ4v) is 3.95. The molecule has 188 valence electrons. The summed E-state index contributed by atoms with van der Waals surface area (Å²) in [7, 11) is 0. The van der Waals surface area contributed by atoms with Crippen molar-refractivity contribution in [3.8, 4) is 0 Å². The lowest BCUT2D eigenvalue weighted by Gasteiger charge is -2.42. The van der Waals surface area contributed by atoms with Gasteiger partial charge in [0.05, 0.1) is 17.1 Å². The molecule has 4 N–H and O–H groups in total. The van der Waals surface area contributed by atoms with Crippen LogP contribution in [0.2, 0.25) is 0 Å². The van der Waals surface area contributed by atoms with Crippen molar-refractivity contribution in [1.82, 2.24) is 9.80 Å². The number of carbonyl (C=O) groups excluding carboxylic acids is 1. The molecule has 0 spiro atoms. The van der Waals surface area contributed by atoms with E-state index in [0.29, 0.717) is 5.41 Å². The van der Waals surface area contributed by atoms with Crippen LogP contribution in [0.1, 0.15) is 46.1 Å². The van der Waals surface area contributed by atoms with E-state index in [2.05, 4.69) is 98.6 Å². The molecule has 2 heterocycles. The molecule has 0 amide bonds. The molecule has 2 fully saturated rings. The first-order chi connectivity index (χ1) is 16.1. The van der Waals surface area contributed by atoms with Crippen LogP contribution in [0.25, 0.3) is 0 Å². The molecule has 0 saturated carbocycles. The highest BCUT2D eigenvalue weighted by atomic mass is 16.1. The van der Waals surface area contributed by atoms with Crippen LogP contribution < -0.4 is 16.4 Å². The molecule has 0 bridgehead atoms. The second kappa shape index (κ2) is 13.5. The average molecular weight is 468 g/mol. The van der Waals surface area contributed by atoms with E-state index in [-0.39, 0.29) is 0 Å². The molecule has 1 aromatic rings. The van der Waals surface area contributed by atoms with Crippen molar-refractivity contribution in [2.45, 2.75) is 47.5 Å². The summed E-state index contributed by atoms with van der Waals surface area (Å²) < 4.78 is 0. The van der Waals surface area contributed by atoms with E-state index in [1.54, 1.807) is 0 Å². The quantitative estimate of drug-likeness (QED) is 0.668. The van der Waals surface area contributed by atoms with Gasteiger partial charge in [0.25, 0.3) is 0 Å². The first kappa shape index (κ1) is 28.9. The zero-order valence-electron chi connectivity index (χ0n) is 21.9. The molecule has 1 aliphatic carbocycles. The minimum Gasteiger partial charge on any atom is -0.405 e. The number of likely N-dealkylation sites (tertiary alicyclic amines) is 1. The average Bonchev–Trinajstić information content (AvgIpc) is 3.20. The van der Waals surface area contributed by atoms with E-state index in [1.807, 2.05) is 6.79 Å². The lowest BCUT2D eigenvalue weighted by molar-refractivity contribution is -0.0979. The van der Waals surface area contributed by atoms with E-state index >= 15 is 0 Å². The number of anilines is 1. The summed E-state index contributed by atoms with van der Waals surface area (Å²) in [5.74, 6) is 0. The summed E-state index contributed by atoms with van der Waals surface area (Å²) in [6, 6.07) is 8.64. The van der Waals surface area contributed by atoms with Gasteiger partial charge in [0.1, 0.15) is 6.79 Å². The van der Waals surface area contributed by atoms with Crippen molar-refractivity contribution in [2.24, 2.45) is 16.9 Å². The van der Waals surface area contributed by atoms with Gasteiger partial charge in [0, 0.05) is 44.1 Å². The highest BCUT2D eigenvalue weighted by molar-refractivity contribution is 5.54. The minimum atomic E-state index is 0.500. The van der Waals surface area contributed by atoms with Gasteiger partial charge in [-0.1, -0.05) is 59.1 Å². The Balaban J connectivity index is 0.000000499. The number of allylic oxidation sites excluding steroid dienone is 2. The summed E-state index contributed by atoms with van der Waals surface area (Å²) in [5.41, 5.74) is 18.7. The number of piperazine rings is 1. The highest BCUT2D eigenvalue weighted by Gasteiger charge is 2.31. The lowest BCUT2D eigenvalue weighted by Crippen LogP contribution is -2.48. The molecule has 0 atom stereocenters. The van der Waals surface area contributed by atoms with Gasteiger partial charge in [-0.15, -0.1) is 0 Å². The van der Waals surface area contributed by atoms with Crippen molar-refractivity contribution in [3.05, 3.63) is 78.1 Å². The van der Waals surface area contributed by atoms with E-state index in [0.717, 1.165) is 44.8 Å². The molecule has 2 saturated heterocycles. The molecule has 2 aliphatic heterocycles. The van der Waals surface area contributed by atoms with Crippen molar-refractivity contribution in [3.63, 3.8) is 0 Å². The molecule has 0 unspecified atom stereocenters. The summed E-state index contributed by atoms with van der Waals surface area (Å²) in [4.78, 5) is 15.2. The number of nitrogens with zero attached hydrogens (tertiary/aromatic N) is 3. The SMILES string of the molecule is C=C1CCCN1C1=C(N)C(N2CCN(c3ccccc3C)CC2)=C1.C=CN.C=O.CC(C)(C)C. The predicted molar refractivity (Wildman–Crippen MR) is 146 cm³/mol. The Hall–Kier alpha value is -3.15. The number of rotatable bonds is 3. The van der Waals surface area contributed by atoms with Crippen LogP contribution in [0, 0.1) is 12.3 Å². The first-order valence-electron chi connectivity index (χ1n) is 11.9. The molecular weight excluding hydrogens is 422 g/mol. The molecule has 34 heavy (non-hydrogen) atoms. The van der Waals surface area contributed by atoms with Crippen LogP contribution in [0.15, 0.2) is 72.5 Å². The first-order valence-corrected chi connectivity index (χ1v) is 11.9. The van der Waals surface area contributed by atoms with Crippen LogP contribution in [0.4, 0.5) is 5.69 Å². The zero-order chi connectivity index (χ0) is 25.9. The lowest BCUT2D eigenvalue weighted by atomic mass is 10.0. The van der Waals surface area contributed by atoms with Crippen molar-refractivity contribution in [2.75, 3.05) is 37.6 Å². The maximum Gasteiger partial charge on any atom is 0.106 e. The molecule has 6 heteroatoms. The van der Waals surface area contributed by atoms with Gasteiger partial charge in [-0.3, -0.25) is 0 Å². The number of carbonyl (C=O) groups is 1. The summed E-state index contributed by atoms with van der Waals surface area (Å²) in [6.07, 6.45) is 5.78. The number of nitrogens with two attached hydrogens (primary N) is 2. The number of benzene rings is 1. The Morgan fingerprint density at radius 3 is 1.91 bits per heavy atom. The smallest absolute Gasteiger partial charge is 0.106 e. The fraction of sp³-hybridized carbons (Fsp3) is 0.464. The van der Waals surface area contributed by atoms with Crippen LogP contribution in [0.3, 0.4) is 0 Å². The van der Waals surface area contributed by atoms with Crippen molar-refractivity contribution >= 4 is 12.5 Å². The largest absolute Gasteiger partial charge is 0.405 e. The van der Waals surface area contributed by atoms with Crippen molar-refractivity contribution in [1.29, 1.82) is 0 Å². The van der Waals surface area contributed by atoms with Crippen molar-refractivity contribution < 1.29 is 4.79 Å². The Labute approximate surface area is 207 Å². The number of hydrogen-bond donors (Lipinski definition) is 2. The summed E-state index contributed by atoms with van der Waals surface area (Å²) >= 11 is 0. The van der Waals surface area contributed by atoms with Gasteiger partial charge >= 0.3 is 0 Å². The second-order valence-corrected chi connectivity index (χ2v) is 10.1. The number of aryl methyl sites for hydroxylation is 1. The molecule has 4 rings (SSSR count). The van der Waals surface area contributed by atoms with Crippen LogP contribution in [0.5, 0.6) is 0 Å². The van der Waals surface area contributed by atoms with Gasteiger partial charge in [-0.2, -0.15) is 0 Å². The Kier molecular flexibility index (Phi) is 11.5. The van der Waals surface area contributed by atoms with Gasteiger partial charge in [-0.05, 0) is 49.1 Å². The Morgan fingerprint density at radius 2 is 1.47 bits per heavy atom. The van der Waals surface area contributed by atoms with Crippen LogP contribution in [-0.2, 0) is 4.79 Å². The normalized spacial score (nSPS) is 17.3. The monoisotopic (exact) mass is 467 g/mol. The highest BCUT2D eigenvalue weighted by Crippen LogP contribution is 2.35. The maximum atomic E-state index is 8.00. The van der Waals surface area contributed by atoms with Crippen LogP contribution >= 0.6 is 0 Å². The van der Waals surface area contributed by atoms with Gasteiger partial charge in [-0.25, -0.2) is 0 Å². The predicted octanol–water partition coefficient (Wildman–Crippen LogP) is 4.75. The fourth-order valence-electron chi connectivity index (χ4n) is 3.95.